The van der Waals surface area contributed by atoms with Crippen molar-refractivity contribution in [2.75, 3.05) is 0 Å². The molecule has 0 saturated carbocycles. The molecule has 2 aromatic rings. The van der Waals surface area contributed by atoms with Gasteiger partial charge in [0.2, 0.25) is 5.91 Å². The van der Waals surface area contributed by atoms with Gasteiger partial charge in [0.15, 0.2) is 5.17 Å². The maximum atomic E-state index is 12.1. The van der Waals surface area contributed by atoms with Crippen molar-refractivity contribution in [2.24, 2.45) is 10.2 Å². The molecule has 1 atom stereocenters. The van der Waals surface area contributed by atoms with Crippen LogP contribution in [0.5, 0.6) is 0 Å². The maximum absolute atomic E-state index is 12.1. The Balaban J connectivity index is 1.64. The standard InChI is InChI=1S/C17H17N3OS2/c1-11-5-6-13(8-12(11)2)9-15-16(21)19-17(23-15)20-18-10-14-4-3-7-22-14/h3-8,10,15H,9H2,1-2H3,(H,19,20,21)/b18-10-/t15-/m1/s1. The SMILES string of the molecule is Cc1ccc(C[C@H]2S/C(=N/N=C\c3cccs3)NC2=O)cc1C. The van der Waals surface area contributed by atoms with E-state index in [0.717, 1.165) is 4.88 Å². The molecule has 1 aromatic carbocycles. The Morgan fingerprint density at radius 2 is 2.13 bits per heavy atom. The zero-order chi connectivity index (χ0) is 16.2. The van der Waals surface area contributed by atoms with E-state index in [1.165, 1.54) is 28.5 Å². The van der Waals surface area contributed by atoms with Crippen LogP contribution in [0.15, 0.2) is 45.9 Å². The highest BCUT2D eigenvalue weighted by Crippen LogP contribution is 2.24. The molecule has 0 spiro atoms. The van der Waals surface area contributed by atoms with Crippen molar-refractivity contribution in [1.82, 2.24) is 5.32 Å². The summed E-state index contributed by atoms with van der Waals surface area (Å²) >= 11 is 3.04. The topological polar surface area (TPSA) is 53.8 Å². The van der Waals surface area contributed by atoms with E-state index in [0.29, 0.717) is 11.6 Å². The lowest BCUT2D eigenvalue weighted by atomic mass is 10.0. The number of aryl methyl sites for hydroxylation is 2. The molecule has 1 aromatic heterocycles. The van der Waals surface area contributed by atoms with Crippen LogP contribution in [0.1, 0.15) is 21.6 Å². The van der Waals surface area contributed by atoms with Crippen molar-refractivity contribution in [3.05, 3.63) is 57.3 Å². The molecule has 1 aliphatic rings. The summed E-state index contributed by atoms with van der Waals surface area (Å²) in [5.41, 5.74) is 3.69. The highest BCUT2D eigenvalue weighted by Gasteiger charge is 2.30. The van der Waals surface area contributed by atoms with Crippen LogP contribution in [0.25, 0.3) is 0 Å². The van der Waals surface area contributed by atoms with Gasteiger partial charge in [-0.25, -0.2) is 0 Å². The summed E-state index contributed by atoms with van der Waals surface area (Å²) in [6.07, 6.45) is 2.40. The molecule has 0 unspecified atom stereocenters. The number of amidine groups is 1. The largest absolute Gasteiger partial charge is 0.303 e. The second-order valence-corrected chi connectivity index (χ2v) is 7.55. The summed E-state index contributed by atoms with van der Waals surface area (Å²) in [5.74, 6) is -0.00157. The molecule has 1 N–H and O–H groups in total. The number of thioether (sulfide) groups is 1. The lowest BCUT2D eigenvalue weighted by Crippen LogP contribution is -2.25. The van der Waals surface area contributed by atoms with Gasteiger partial charge in [0.25, 0.3) is 0 Å². The number of amides is 1. The predicted octanol–water partition coefficient (Wildman–Crippen LogP) is 3.53. The second-order valence-electron chi connectivity index (χ2n) is 5.38. The Labute approximate surface area is 143 Å². The fourth-order valence-corrected chi connectivity index (χ4v) is 3.78. The fraction of sp³-hybridized carbons (Fsp3) is 0.235. The molecule has 6 heteroatoms. The number of nitrogens with zero attached hydrogens (tertiary/aromatic N) is 2. The second kappa shape index (κ2) is 7.10. The van der Waals surface area contributed by atoms with E-state index in [-0.39, 0.29) is 11.2 Å². The average Bonchev–Trinajstić information content (AvgIpc) is 3.14. The van der Waals surface area contributed by atoms with E-state index < -0.39 is 0 Å². The molecule has 3 rings (SSSR count). The molecule has 0 bridgehead atoms. The van der Waals surface area contributed by atoms with Crippen molar-refractivity contribution in [2.45, 2.75) is 25.5 Å². The number of carbonyl (C=O) groups is 1. The number of carbonyl (C=O) groups excluding carboxylic acids is 1. The van der Waals surface area contributed by atoms with E-state index in [9.17, 15) is 4.79 Å². The van der Waals surface area contributed by atoms with Gasteiger partial charge < -0.3 is 5.32 Å². The molecule has 4 nitrogen and oxygen atoms in total. The smallest absolute Gasteiger partial charge is 0.239 e. The van der Waals surface area contributed by atoms with Crippen LogP contribution >= 0.6 is 23.1 Å². The van der Waals surface area contributed by atoms with Crippen LogP contribution in [-0.4, -0.2) is 22.5 Å². The van der Waals surface area contributed by atoms with Gasteiger partial charge in [-0.1, -0.05) is 36.0 Å². The van der Waals surface area contributed by atoms with Gasteiger partial charge >= 0.3 is 0 Å². The van der Waals surface area contributed by atoms with Gasteiger partial charge in [0, 0.05) is 4.88 Å². The van der Waals surface area contributed by atoms with E-state index in [4.69, 9.17) is 0 Å². The average molecular weight is 343 g/mol. The third-order valence-electron chi connectivity index (χ3n) is 3.65. The zero-order valence-electron chi connectivity index (χ0n) is 12.9. The van der Waals surface area contributed by atoms with E-state index in [1.807, 2.05) is 17.5 Å². The Bertz CT molecular complexity index is 766. The van der Waals surface area contributed by atoms with Crippen molar-refractivity contribution in [3.63, 3.8) is 0 Å². The minimum absolute atomic E-state index is 0.00157. The highest BCUT2D eigenvalue weighted by atomic mass is 32.2. The summed E-state index contributed by atoms with van der Waals surface area (Å²) in [7, 11) is 0. The van der Waals surface area contributed by atoms with Crippen molar-refractivity contribution in [3.8, 4) is 0 Å². The fourth-order valence-electron chi connectivity index (χ4n) is 2.23. The third kappa shape index (κ3) is 4.09. The molecular formula is C17H17N3OS2. The molecule has 0 aliphatic carbocycles. The van der Waals surface area contributed by atoms with Crippen LogP contribution < -0.4 is 5.32 Å². The van der Waals surface area contributed by atoms with Gasteiger partial charge in [-0.3, -0.25) is 4.79 Å². The molecule has 1 amide bonds. The number of thiophene rings is 1. The van der Waals surface area contributed by atoms with Crippen LogP contribution in [-0.2, 0) is 11.2 Å². The first-order chi connectivity index (χ1) is 11.1. The Morgan fingerprint density at radius 1 is 1.26 bits per heavy atom. The Hall–Kier alpha value is -1.92. The molecule has 23 heavy (non-hydrogen) atoms. The monoisotopic (exact) mass is 343 g/mol. The lowest BCUT2D eigenvalue weighted by Gasteiger charge is -2.07. The zero-order valence-corrected chi connectivity index (χ0v) is 14.6. The number of nitrogens with one attached hydrogen (secondary N) is 1. The molecular weight excluding hydrogens is 326 g/mol. The predicted molar refractivity (Wildman–Crippen MR) is 98.5 cm³/mol. The van der Waals surface area contributed by atoms with Crippen LogP contribution in [0.4, 0.5) is 0 Å². The first-order valence-electron chi connectivity index (χ1n) is 7.30. The van der Waals surface area contributed by atoms with Crippen molar-refractivity contribution in [1.29, 1.82) is 0 Å². The maximum Gasteiger partial charge on any atom is 0.239 e. The van der Waals surface area contributed by atoms with Gasteiger partial charge in [-0.15, -0.1) is 16.4 Å². The van der Waals surface area contributed by atoms with Crippen molar-refractivity contribution < 1.29 is 4.79 Å². The number of benzene rings is 1. The minimum Gasteiger partial charge on any atom is -0.303 e. The third-order valence-corrected chi connectivity index (χ3v) is 5.52. The lowest BCUT2D eigenvalue weighted by molar-refractivity contribution is -0.118. The van der Waals surface area contributed by atoms with E-state index in [1.54, 1.807) is 17.6 Å². The van der Waals surface area contributed by atoms with Gasteiger partial charge in [-0.2, -0.15) is 5.10 Å². The Morgan fingerprint density at radius 3 is 2.87 bits per heavy atom. The number of hydrogen-bond donors (Lipinski definition) is 1. The molecule has 2 heterocycles. The van der Waals surface area contributed by atoms with Crippen LogP contribution in [0.3, 0.4) is 0 Å². The summed E-state index contributed by atoms with van der Waals surface area (Å²) in [6.45, 7) is 4.18. The van der Waals surface area contributed by atoms with Gasteiger partial charge in [0.05, 0.1) is 11.5 Å². The molecule has 118 valence electrons. The quantitative estimate of drug-likeness (QED) is 0.682. The summed E-state index contributed by atoms with van der Waals surface area (Å²) in [6, 6.07) is 10.3. The first-order valence-corrected chi connectivity index (χ1v) is 9.06. The normalized spacial score (nSPS) is 19.7. The van der Waals surface area contributed by atoms with Gasteiger partial charge in [-0.05, 0) is 48.4 Å². The molecule has 0 radical (unpaired) electrons. The van der Waals surface area contributed by atoms with E-state index >= 15 is 0 Å². The minimum atomic E-state index is -0.146. The number of hydrogen-bond acceptors (Lipinski definition) is 5. The van der Waals surface area contributed by atoms with Gasteiger partial charge in [0.1, 0.15) is 0 Å². The summed E-state index contributed by atoms with van der Waals surface area (Å²) in [5, 5.41) is 13.3. The Kier molecular flexibility index (Phi) is 4.93. The molecule has 1 saturated heterocycles. The first kappa shape index (κ1) is 16.0. The van der Waals surface area contributed by atoms with E-state index in [2.05, 4.69) is 47.6 Å². The molecule has 1 aliphatic heterocycles. The summed E-state index contributed by atoms with van der Waals surface area (Å²) < 4.78 is 0. The van der Waals surface area contributed by atoms with Crippen LogP contribution in [0.2, 0.25) is 0 Å². The highest BCUT2D eigenvalue weighted by molar-refractivity contribution is 8.15. The van der Waals surface area contributed by atoms with Crippen molar-refractivity contribution >= 4 is 40.4 Å². The van der Waals surface area contributed by atoms with Crippen LogP contribution in [0, 0.1) is 13.8 Å². The summed E-state index contributed by atoms with van der Waals surface area (Å²) in [4.78, 5) is 13.1. The number of rotatable bonds is 4. The molecule has 1 fully saturated rings.